The molecular weight excluding hydrogens is 394 g/mol. The van der Waals surface area contributed by atoms with Gasteiger partial charge in [-0.1, -0.05) is 12.2 Å². The van der Waals surface area contributed by atoms with Gasteiger partial charge in [-0.15, -0.1) is 0 Å². The highest BCUT2D eigenvalue weighted by atomic mass is 15.1. The molecule has 1 atom stereocenters. The summed E-state index contributed by atoms with van der Waals surface area (Å²) in [6.07, 6.45) is 16.8. The zero-order chi connectivity index (χ0) is 21.5. The molecule has 0 radical (unpaired) electrons. The van der Waals surface area contributed by atoms with Crippen LogP contribution >= 0.6 is 0 Å². The molecule has 2 N–H and O–H groups in total. The number of aromatic nitrogens is 4. The van der Waals surface area contributed by atoms with Crippen molar-refractivity contribution in [2.75, 3.05) is 6.54 Å². The van der Waals surface area contributed by atoms with Crippen LogP contribution < -0.4 is 0 Å². The SMILES string of the molecule is CCN1C=CC=CC1c1cc2cc3nc(cc4ccc(cc5nc(cc1[nH]2)C=C5)[nH]4)C=C3. The first-order chi connectivity index (χ1) is 15.7. The molecule has 5 nitrogen and oxygen atoms in total. The maximum Gasteiger partial charge on any atom is 0.0744 e. The summed E-state index contributed by atoms with van der Waals surface area (Å²) in [5.41, 5.74) is 9.09. The van der Waals surface area contributed by atoms with Gasteiger partial charge in [0, 0.05) is 34.2 Å². The average molecular weight is 418 g/mol. The third kappa shape index (κ3) is 3.48. The average Bonchev–Trinajstić information content (AvgIpc) is 3.59. The Morgan fingerprint density at radius 3 is 2.03 bits per heavy atom. The van der Waals surface area contributed by atoms with E-state index >= 15 is 0 Å². The molecule has 5 heteroatoms. The summed E-state index contributed by atoms with van der Waals surface area (Å²) < 4.78 is 0. The van der Waals surface area contributed by atoms with Gasteiger partial charge < -0.3 is 14.9 Å². The lowest BCUT2D eigenvalue weighted by atomic mass is 10.0. The quantitative estimate of drug-likeness (QED) is 0.365. The number of nitrogens with one attached hydrogen (secondary N) is 2. The lowest BCUT2D eigenvalue weighted by molar-refractivity contribution is 0.340. The van der Waals surface area contributed by atoms with Gasteiger partial charge in [0.15, 0.2) is 0 Å². The molecule has 32 heavy (non-hydrogen) atoms. The van der Waals surface area contributed by atoms with E-state index < -0.39 is 0 Å². The fourth-order valence-corrected chi connectivity index (χ4v) is 4.40. The first-order valence-corrected chi connectivity index (χ1v) is 10.9. The summed E-state index contributed by atoms with van der Waals surface area (Å²) >= 11 is 0. The second kappa shape index (κ2) is 7.54. The van der Waals surface area contributed by atoms with Gasteiger partial charge in [-0.25, -0.2) is 9.97 Å². The Bertz CT molecular complexity index is 1480. The van der Waals surface area contributed by atoms with Crippen molar-refractivity contribution in [1.29, 1.82) is 0 Å². The van der Waals surface area contributed by atoms with E-state index in [1.165, 1.54) is 5.56 Å². The predicted molar refractivity (Wildman–Crippen MR) is 132 cm³/mol. The van der Waals surface area contributed by atoms with E-state index in [4.69, 9.17) is 9.97 Å². The number of allylic oxidation sites excluding steroid dienone is 2. The van der Waals surface area contributed by atoms with Gasteiger partial charge in [0.05, 0.1) is 28.8 Å². The summed E-state index contributed by atoms with van der Waals surface area (Å²) in [7, 11) is 0. The lowest BCUT2D eigenvalue weighted by Crippen LogP contribution is -2.23. The van der Waals surface area contributed by atoms with Crippen molar-refractivity contribution < 1.29 is 0 Å². The molecule has 6 rings (SSSR count). The minimum absolute atomic E-state index is 0.172. The van der Waals surface area contributed by atoms with Crippen LogP contribution in [0.5, 0.6) is 0 Å². The number of aromatic amines is 2. The van der Waals surface area contributed by atoms with E-state index in [0.717, 1.165) is 51.4 Å². The van der Waals surface area contributed by atoms with Crippen molar-refractivity contribution >= 4 is 46.4 Å². The van der Waals surface area contributed by atoms with E-state index in [1.807, 2.05) is 6.08 Å². The van der Waals surface area contributed by atoms with Crippen LogP contribution in [0.3, 0.4) is 0 Å². The highest BCUT2D eigenvalue weighted by molar-refractivity contribution is 5.78. The fourth-order valence-electron chi connectivity index (χ4n) is 4.40. The summed E-state index contributed by atoms with van der Waals surface area (Å²) in [4.78, 5) is 18.9. The maximum atomic E-state index is 4.81. The Hall–Kier alpha value is -4.12. The molecule has 0 aromatic carbocycles. The molecule has 3 aromatic rings. The van der Waals surface area contributed by atoms with Gasteiger partial charge in [0.25, 0.3) is 0 Å². The molecule has 0 saturated heterocycles. The van der Waals surface area contributed by atoms with Crippen molar-refractivity contribution in [2.24, 2.45) is 0 Å². The van der Waals surface area contributed by atoms with Crippen LogP contribution in [0.4, 0.5) is 0 Å². The molecule has 0 spiro atoms. The Kier molecular flexibility index (Phi) is 4.39. The summed E-state index contributed by atoms with van der Waals surface area (Å²) in [6.45, 7) is 3.12. The molecule has 3 aliphatic heterocycles. The first kappa shape index (κ1) is 18.6. The summed E-state index contributed by atoms with van der Waals surface area (Å²) in [6, 6.07) is 14.9. The highest BCUT2D eigenvalue weighted by Crippen LogP contribution is 2.30. The van der Waals surface area contributed by atoms with Gasteiger partial charge in [-0.05, 0) is 86.0 Å². The maximum absolute atomic E-state index is 4.81. The third-order valence-corrected chi connectivity index (χ3v) is 5.92. The minimum atomic E-state index is 0.172. The van der Waals surface area contributed by atoms with Crippen LogP contribution in [-0.2, 0) is 0 Å². The van der Waals surface area contributed by atoms with Gasteiger partial charge >= 0.3 is 0 Å². The van der Waals surface area contributed by atoms with Crippen molar-refractivity contribution in [1.82, 2.24) is 24.8 Å². The van der Waals surface area contributed by atoms with E-state index in [0.29, 0.717) is 0 Å². The van der Waals surface area contributed by atoms with Crippen LogP contribution in [0.2, 0.25) is 0 Å². The molecule has 8 bridgehead atoms. The third-order valence-electron chi connectivity index (χ3n) is 5.92. The molecule has 3 aromatic heterocycles. The number of fused-ring (bicyclic) bond motifs is 8. The molecule has 0 saturated carbocycles. The Labute approximate surface area is 186 Å². The standard InChI is InChI=1S/C27H23N5/c1-2-32-12-4-3-5-27(32)25-16-24-15-22-9-8-20(29-22)13-18-6-7-19(28-18)14-21-10-11-23(30-21)17-26(25)31-24/h3-17,27-28,31H,2H2,1H3. The molecule has 3 aliphatic rings. The number of H-pyrrole nitrogens is 2. The fraction of sp³-hybridized carbons (Fsp3) is 0.111. The van der Waals surface area contributed by atoms with Gasteiger partial charge in [-0.2, -0.15) is 0 Å². The number of rotatable bonds is 2. The monoisotopic (exact) mass is 417 g/mol. The van der Waals surface area contributed by atoms with Crippen molar-refractivity contribution in [2.45, 2.75) is 13.0 Å². The zero-order valence-corrected chi connectivity index (χ0v) is 17.8. The van der Waals surface area contributed by atoms with Crippen molar-refractivity contribution in [3.05, 3.63) is 95.2 Å². The van der Waals surface area contributed by atoms with E-state index in [-0.39, 0.29) is 6.04 Å². The van der Waals surface area contributed by atoms with E-state index in [1.54, 1.807) is 0 Å². The van der Waals surface area contributed by atoms with Crippen LogP contribution in [0.15, 0.2) is 66.9 Å². The number of hydrogen-bond donors (Lipinski definition) is 2. The van der Waals surface area contributed by atoms with Crippen molar-refractivity contribution in [3.63, 3.8) is 0 Å². The molecule has 0 fully saturated rings. The number of likely N-dealkylation sites (N-methyl/N-ethyl adjacent to an activating group) is 1. The van der Waals surface area contributed by atoms with E-state index in [9.17, 15) is 0 Å². The van der Waals surface area contributed by atoms with Crippen LogP contribution in [0.25, 0.3) is 46.4 Å². The number of hydrogen-bond acceptors (Lipinski definition) is 3. The van der Waals surface area contributed by atoms with Crippen molar-refractivity contribution in [3.8, 4) is 0 Å². The van der Waals surface area contributed by atoms with Crippen LogP contribution in [0, 0.1) is 0 Å². The van der Waals surface area contributed by atoms with Gasteiger partial charge in [0.2, 0.25) is 0 Å². The topological polar surface area (TPSA) is 60.6 Å². The lowest BCUT2D eigenvalue weighted by Gasteiger charge is -2.29. The number of nitrogens with zero attached hydrogens (tertiary/aromatic N) is 3. The Morgan fingerprint density at radius 2 is 1.38 bits per heavy atom. The van der Waals surface area contributed by atoms with Crippen LogP contribution in [-0.4, -0.2) is 31.4 Å². The second-order valence-electron chi connectivity index (χ2n) is 8.13. The molecule has 1 unspecified atom stereocenters. The predicted octanol–water partition coefficient (Wildman–Crippen LogP) is 6.10. The molecular formula is C27H23N5. The summed E-state index contributed by atoms with van der Waals surface area (Å²) in [5.74, 6) is 0. The smallest absolute Gasteiger partial charge is 0.0744 e. The zero-order valence-electron chi connectivity index (χ0n) is 17.8. The van der Waals surface area contributed by atoms with Gasteiger partial charge in [-0.3, -0.25) is 0 Å². The first-order valence-electron chi connectivity index (χ1n) is 10.9. The molecule has 0 amide bonds. The molecule has 156 valence electrons. The Balaban J connectivity index is 1.63. The largest absolute Gasteiger partial charge is 0.367 e. The normalized spacial score (nSPS) is 16.8. The molecule has 6 heterocycles. The second-order valence-corrected chi connectivity index (χ2v) is 8.13. The van der Waals surface area contributed by atoms with E-state index in [2.05, 4.69) is 107 Å². The van der Waals surface area contributed by atoms with Crippen LogP contribution in [0.1, 0.15) is 41.3 Å². The highest BCUT2D eigenvalue weighted by Gasteiger charge is 2.18. The Morgan fingerprint density at radius 1 is 0.750 bits per heavy atom. The molecule has 0 aliphatic carbocycles. The summed E-state index contributed by atoms with van der Waals surface area (Å²) in [5, 5.41) is 0. The minimum Gasteiger partial charge on any atom is -0.367 e. The van der Waals surface area contributed by atoms with Gasteiger partial charge in [0.1, 0.15) is 0 Å².